The Kier molecular flexibility index (Phi) is 6.20. The third-order valence-electron chi connectivity index (χ3n) is 5.08. The molecule has 0 saturated carbocycles. The molecule has 3 heterocycles. The van der Waals surface area contributed by atoms with Crippen LogP contribution in [0.25, 0.3) is 11.0 Å². The van der Waals surface area contributed by atoms with Gasteiger partial charge in [0.2, 0.25) is 5.88 Å². The number of aryl methyl sites for hydroxylation is 1. The molecule has 0 aliphatic rings. The lowest BCUT2D eigenvalue weighted by Gasteiger charge is -2.11. The third-order valence-corrected chi connectivity index (χ3v) is 6.42. The predicted molar refractivity (Wildman–Crippen MR) is 121 cm³/mol. The molecule has 0 saturated heterocycles. The van der Waals surface area contributed by atoms with Crippen LogP contribution >= 0.6 is 0 Å². The van der Waals surface area contributed by atoms with Crippen molar-refractivity contribution < 1.29 is 22.4 Å². The van der Waals surface area contributed by atoms with Crippen molar-refractivity contribution in [2.45, 2.75) is 31.3 Å². The smallest absolute Gasteiger partial charge is 0.268 e. The SMILES string of the molecule is CCc1cnc(OC)c(S(=O)(=O)Nc2noc3cc(Cn4cc(CN)cn4)cc(OC)c23)c1. The van der Waals surface area contributed by atoms with E-state index in [9.17, 15) is 8.42 Å². The fourth-order valence-electron chi connectivity index (χ4n) is 3.39. The van der Waals surface area contributed by atoms with Gasteiger partial charge in [-0.3, -0.25) is 9.40 Å². The molecule has 0 aliphatic carbocycles. The van der Waals surface area contributed by atoms with Crippen LogP contribution in [-0.2, 0) is 29.5 Å². The van der Waals surface area contributed by atoms with Gasteiger partial charge in [0.25, 0.3) is 10.0 Å². The summed E-state index contributed by atoms with van der Waals surface area (Å²) in [5.41, 5.74) is 8.50. The highest BCUT2D eigenvalue weighted by Gasteiger charge is 2.25. The van der Waals surface area contributed by atoms with Crippen LogP contribution in [0.1, 0.15) is 23.6 Å². The third kappa shape index (κ3) is 4.47. The highest BCUT2D eigenvalue weighted by atomic mass is 32.2. The van der Waals surface area contributed by atoms with E-state index in [0.717, 1.165) is 16.7 Å². The molecular weight excluding hydrogens is 448 g/mol. The van der Waals surface area contributed by atoms with E-state index < -0.39 is 10.0 Å². The van der Waals surface area contributed by atoms with E-state index >= 15 is 0 Å². The second-order valence-corrected chi connectivity index (χ2v) is 8.91. The van der Waals surface area contributed by atoms with Crippen LogP contribution < -0.4 is 19.9 Å². The Balaban J connectivity index is 1.70. The maximum atomic E-state index is 13.2. The number of pyridine rings is 1. The number of nitrogens with zero attached hydrogens (tertiary/aromatic N) is 4. The molecule has 4 aromatic rings. The quantitative estimate of drug-likeness (QED) is 0.374. The fourth-order valence-corrected chi connectivity index (χ4v) is 4.57. The summed E-state index contributed by atoms with van der Waals surface area (Å²) < 4.78 is 46.6. The van der Waals surface area contributed by atoms with Crippen molar-refractivity contribution in [1.82, 2.24) is 19.9 Å². The van der Waals surface area contributed by atoms with Gasteiger partial charge in [0.05, 0.1) is 27.0 Å². The summed E-state index contributed by atoms with van der Waals surface area (Å²) in [7, 11) is -1.23. The number of nitrogens with one attached hydrogen (secondary N) is 1. The van der Waals surface area contributed by atoms with Gasteiger partial charge in [-0.15, -0.1) is 0 Å². The van der Waals surface area contributed by atoms with Crippen LogP contribution in [0.5, 0.6) is 11.6 Å². The Morgan fingerprint density at radius 2 is 1.94 bits per heavy atom. The van der Waals surface area contributed by atoms with Crippen molar-refractivity contribution in [3.63, 3.8) is 0 Å². The molecule has 0 spiro atoms. The monoisotopic (exact) mass is 472 g/mol. The Labute approximate surface area is 190 Å². The minimum atomic E-state index is -4.08. The highest BCUT2D eigenvalue weighted by Crippen LogP contribution is 2.35. The van der Waals surface area contributed by atoms with Gasteiger partial charge in [0.1, 0.15) is 16.0 Å². The van der Waals surface area contributed by atoms with Crippen LogP contribution in [0.3, 0.4) is 0 Å². The summed E-state index contributed by atoms with van der Waals surface area (Å²) in [5, 5.41) is 8.60. The molecule has 0 amide bonds. The highest BCUT2D eigenvalue weighted by molar-refractivity contribution is 7.92. The average molecular weight is 473 g/mol. The number of hydrogen-bond donors (Lipinski definition) is 2. The molecule has 0 bridgehead atoms. The van der Waals surface area contributed by atoms with E-state index in [-0.39, 0.29) is 16.6 Å². The number of nitrogens with two attached hydrogens (primary N) is 1. The largest absolute Gasteiger partial charge is 0.496 e. The molecule has 4 rings (SSSR count). The first kappa shape index (κ1) is 22.6. The van der Waals surface area contributed by atoms with Gasteiger partial charge in [-0.05, 0) is 35.7 Å². The molecule has 0 radical (unpaired) electrons. The van der Waals surface area contributed by atoms with Gasteiger partial charge < -0.3 is 19.7 Å². The van der Waals surface area contributed by atoms with Gasteiger partial charge in [-0.2, -0.15) is 5.10 Å². The van der Waals surface area contributed by atoms with E-state index in [1.165, 1.54) is 20.3 Å². The summed E-state index contributed by atoms with van der Waals surface area (Å²) in [6, 6.07) is 5.05. The molecule has 12 heteroatoms. The summed E-state index contributed by atoms with van der Waals surface area (Å²) >= 11 is 0. The van der Waals surface area contributed by atoms with Gasteiger partial charge in [0, 0.05) is 24.5 Å². The fraction of sp³-hybridized carbons (Fsp3) is 0.286. The average Bonchev–Trinajstić information content (AvgIpc) is 3.44. The number of ether oxygens (including phenoxy) is 2. The minimum Gasteiger partial charge on any atom is -0.496 e. The molecule has 0 fully saturated rings. The zero-order chi connectivity index (χ0) is 23.6. The van der Waals surface area contributed by atoms with Crippen LogP contribution in [0.15, 0.2) is 46.2 Å². The Bertz CT molecular complexity index is 1400. The van der Waals surface area contributed by atoms with Crippen LogP contribution in [-0.4, -0.2) is 42.6 Å². The minimum absolute atomic E-state index is 0.00172. The lowest BCUT2D eigenvalue weighted by Crippen LogP contribution is -2.15. The Hall–Kier alpha value is -3.64. The van der Waals surface area contributed by atoms with Gasteiger partial charge >= 0.3 is 0 Å². The maximum absolute atomic E-state index is 13.2. The number of aromatic nitrogens is 4. The van der Waals surface area contributed by atoms with Crippen LogP contribution in [0.2, 0.25) is 0 Å². The standard InChI is InChI=1S/C21H24N6O5S/c1-4-13-7-18(21(31-3)23-9-13)33(28,29)26-20-19-16(30-2)5-14(6-17(19)32-25-20)11-27-12-15(8-22)10-24-27/h5-7,9-10,12H,4,8,11,22H2,1-3H3,(H,25,26). The first-order chi connectivity index (χ1) is 15.9. The molecule has 174 valence electrons. The number of hydrogen-bond acceptors (Lipinski definition) is 9. The molecule has 11 nitrogen and oxygen atoms in total. The second-order valence-electron chi connectivity index (χ2n) is 7.26. The Morgan fingerprint density at radius 3 is 2.61 bits per heavy atom. The topological polar surface area (TPSA) is 147 Å². The second kappa shape index (κ2) is 9.08. The van der Waals surface area contributed by atoms with Crippen molar-refractivity contribution in [2.24, 2.45) is 5.73 Å². The molecule has 3 N–H and O–H groups in total. The number of sulfonamides is 1. The van der Waals surface area contributed by atoms with Crippen molar-refractivity contribution in [3.8, 4) is 11.6 Å². The van der Waals surface area contributed by atoms with Crippen molar-refractivity contribution >= 4 is 26.8 Å². The Morgan fingerprint density at radius 1 is 1.12 bits per heavy atom. The zero-order valence-corrected chi connectivity index (χ0v) is 19.2. The normalized spacial score (nSPS) is 11.6. The van der Waals surface area contributed by atoms with Crippen molar-refractivity contribution in [2.75, 3.05) is 18.9 Å². The summed E-state index contributed by atoms with van der Waals surface area (Å²) in [6.07, 6.45) is 5.74. The van der Waals surface area contributed by atoms with E-state index in [1.807, 2.05) is 13.1 Å². The van der Waals surface area contributed by atoms with Crippen molar-refractivity contribution in [1.29, 1.82) is 0 Å². The van der Waals surface area contributed by atoms with Gasteiger partial charge in [0.15, 0.2) is 11.4 Å². The first-order valence-electron chi connectivity index (χ1n) is 10.1. The molecule has 1 aromatic carbocycles. The van der Waals surface area contributed by atoms with Gasteiger partial charge in [-0.1, -0.05) is 12.1 Å². The lowest BCUT2D eigenvalue weighted by atomic mass is 10.1. The van der Waals surface area contributed by atoms with E-state index in [1.54, 1.807) is 29.2 Å². The van der Waals surface area contributed by atoms with Crippen LogP contribution in [0, 0.1) is 0 Å². The molecule has 0 atom stereocenters. The number of fused-ring (bicyclic) bond motifs is 1. The molecular formula is C21H24N6O5S. The van der Waals surface area contributed by atoms with Crippen LogP contribution in [0.4, 0.5) is 5.82 Å². The first-order valence-corrected chi connectivity index (χ1v) is 11.6. The molecule has 33 heavy (non-hydrogen) atoms. The van der Waals surface area contributed by atoms with Gasteiger partial charge in [-0.25, -0.2) is 13.4 Å². The molecule has 0 aliphatic heterocycles. The number of rotatable bonds is 9. The molecule has 0 unspecified atom stereocenters. The maximum Gasteiger partial charge on any atom is 0.268 e. The zero-order valence-electron chi connectivity index (χ0n) is 18.4. The van der Waals surface area contributed by atoms with Crippen molar-refractivity contribution in [3.05, 3.63) is 53.5 Å². The van der Waals surface area contributed by atoms with E-state index in [4.69, 9.17) is 19.7 Å². The number of anilines is 1. The lowest BCUT2D eigenvalue weighted by molar-refractivity contribution is 0.385. The summed E-state index contributed by atoms with van der Waals surface area (Å²) in [6.45, 7) is 2.75. The summed E-state index contributed by atoms with van der Waals surface area (Å²) in [5.74, 6) is 0.389. The van der Waals surface area contributed by atoms with E-state index in [0.29, 0.717) is 36.2 Å². The van der Waals surface area contributed by atoms with E-state index in [2.05, 4.69) is 20.0 Å². The summed E-state index contributed by atoms with van der Waals surface area (Å²) in [4.78, 5) is 4.00. The predicted octanol–water partition coefficient (Wildman–Crippen LogP) is 2.31. The number of methoxy groups -OCH3 is 2. The molecule has 3 aromatic heterocycles. The number of benzene rings is 1.